The van der Waals surface area contributed by atoms with Crippen molar-refractivity contribution >= 4 is 11.4 Å². The van der Waals surface area contributed by atoms with Gasteiger partial charge in [0.1, 0.15) is 0 Å². The van der Waals surface area contributed by atoms with Gasteiger partial charge in [0.25, 0.3) is 0 Å². The highest BCUT2D eigenvalue weighted by Gasteiger charge is 2.32. The molecule has 0 fully saturated rings. The Bertz CT molecular complexity index is 864. The molecule has 0 spiro atoms. The lowest BCUT2D eigenvalue weighted by Gasteiger charge is -2.35. The maximum Gasteiger partial charge on any atom is 0.0622 e. The summed E-state index contributed by atoms with van der Waals surface area (Å²) in [6, 6.07) is 31.9. The topological polar surface area (TPSA) is 35.8 Å². The molecular weight excluding hydrogens is 328 g/mol. The fourth-order valence-corrected chi connectivity index (χ4v) is 3.88. The van der Waals surface area contributed by atoms with E-state index >= 15 is 0 Å². The first-order valence-electron chi connectivity index (χ1n) is 9.63. The van der Waals surface area contributed by atoms with Crippen LogP contribution in [-0.4, -0.2) is 0 Å². The molecular formula is C25H26N2. The zero-order chi connectivity index (χ0) is 19.0. The molecule has 0 bridgehead atoms. The molecule has 1 N–H and O–H groups in total. The first-order chi connectivity index (χ1) is 13.3. The maximum absolute atomic E-state index is 9.24. The number of nitrogens with zero attached hydrogens (tertiary/aromatic N) is 1. The number of nitriles is 1. The van der Waals surface area contributed by atoms with E-state index in [0.717, 1.165) is 30.6 Å². The Hall–Kier alpha value is -3.05. The Balaban J connectivity index is 1.95. The number of para-hydroxylation sites is 1. The van der Waals surface area contributed by atoms with E-state index in [1.54, 1.807) is 0 Å². The molecule has 0 heterocycles. The van der Waals surface area contributed by atoms with Gasteiger partial charge in [-0.25, -0.2) is 0 Å². The predicted molar refractivity (Wildman–Crippen MR) is 113 cm³/mol. The molecule has 0 saturated carbocycles. The fraction of sp³-hybridized carbons (Fsp3) is 0.240. The number of benzene rings is 3. The van der Waals surface area contributed by atoms with Crippen molar-refractivity contribution < 1.29 is 0 Å². The molecule has 0 aliphatic rings. The molecule has 3 aromatic carbocycles. The van der Waals surface area contributed by atoms with Gasteiger partial charge in [0, 0.05) is 23.2 Å². The highest BCUT2D eigenvalue weighted by Crippen LogP contribution is 2.41. The van der Waals surface area contributed by atoms with Crippen molar-refractivity contribution in [3.05, 3.63) is 96.1 Å². The van der Waals surface area contributed by atoms with E-state index in [2.05, 4.69) is 85.0 Å². The third-order valence-corrected chi connectivity index (χ3v) is 5.17. The highest BCUT2D eigenvalue weighted by atomic mass is 14.9. The predicted octanol–water partition coefficient (Wildman–Crippen LogP) is 6.82. The summed E-state index contributed by atoms with van der Waals surface area (Å²) >= 11 is 0. The Morgan fingerprint density at radius 2 is 1.30 bits per heavy atom. The molecule has 27 heavy (non-hydrogen) atoms. The molecule has 1 atom stereocenters. The van der Waals surface area contributed by atoms with Crippen molar-refractivity contribution in [3.63, 3.8) is 0 Å². The van der Waals surface area contributed by atoms with E-state index in [-0.39, 0.29) is 5.41 Å². The van der Waals surface area contributed by atoms with Gasteiger partial charge in [0.2, 0.25) is 0 Å². The number of hydrogen-bond acceptors (Lipinski definition) is 2. The zero-order valence-corrected chi connectivity index (χ0v) is 15.9. The summed E-state index contributed by atoms with van der Waals surface area (Å²) in [4.78, 5) is 0. The molecule has 0 aromatic heterocycles. The Morgan fingerprint density at radius 3 is 1.89 bits per heavy atom. The Morgan fingerprint density at radius 1 is 0.741 bits per heavy atom. The van der Waals surface area contributed by atoms with Crippen LogP contribution in [0.25, 0.3) is 0 Å². The molecule has 3 aromatic rings. The molecule has 3 rings (SSSR count). The monoisotopic (exact) mass is 354 g/mol. The average molecular weight is 354 g/mol. The highest BCUT2D eigenvalue weighted by molar-refractivity contribution is 5.60. The summed E-state index contributed by atoms with van der Waals surface area (Å²) in [7, 11) is 0. The average Bonchev–Trinajstić information content (AvgIpc) is 2.73. The van der Waals surface area contributed by atoms with Crippen molar-refractivity contribution in [2.75, 3.05) is 5.32 Å². The number of rotatable bonds is 8. The summed E-state index contributed by atoms with van der Waals surface area (Å²) in [5, 5.41) is 12.7. The molecule has 0 saturated heterocycles. The van der Waals surface area contributed by atoms with Crippen molar-refractivity contribution in [3.8, 4) is 6.07 Å². The van der Waals surface area contributed by atoms with Crippen LogP contribution in [-0.2, 0) is 5.41 Å². The minimum Gasteiger partial charge on any atom is -0.356 e. The Kier molecular flexibility index (Phi) is 6.28. The quantitative estimate of drug-likeness (QED) is 0.482. The van der Waals surface area contributed by atoms with Gasteiger partial charge in [0.15, 0.2) is 0 Å². The van der Waals surface area contributed by atoms with Crippen molar-refractivity contribution in [1.82, 2.24) is 0 Å². The van der Waals surface area contributed by atoms with E-state index in [0.29, 0.717) is 6.42 Å². The fourth-order valence-electron chi connectivity index (χ4n) is 3.88. The Labute approximate surface area is 162 Å². The van der Waals surface area contributed by atoms with Gasteiger partial charge in [-0.2, -0.15) is 5.26 Å². The molecule has 0 aliphatic heterocycles. The van der Waals surface area contributed by atoms with E-state index in [1.165, 1.54) is 11.1 Å². The van der Waals surface area contributed by atoms with Gasteiger partial charge in [-0.3, -0.25) is 0 Å². The smallest absolute Gasteiger partial charge is 0.0622 e. The second-order valence-corrected chi connectivity index (χ2v) is 6.92. The van der Waals surface area contributed by atoms with Crippen LogP contribution in [0.15, 0.2) is 84.9 Å². The van der Waals surface area contributed by atoms with E-state index in [4.69, 9.17) is 0 Å². The van der Waals surface area contributed by atoms with Gasteiger partial charge < -0.3 is 5.32 Å². The molecule has 1 unspecified atom stereocenters. The van der Waals surface area contributed by atoms with Gasteiger partial charge in [-0.15, -0.1) is 0 Å². The van der Waals surface area contributed by atoms with Crippen LogP contribution in [0.5, 0.6) is 0 Å². The number of nitrogens with one attached hydrogen (secondary N) is 1. The molecule has 0 radical (unpaired) electrons. The number of anilines is 2. The van der Waals surface area contributed by atoms with Crippen LogP contribution in [0, 0.1) is 11.3 Å². The van der Waals surface area contributed by atoms with Crippen LogP contribution in [0.1, 0.15) is 43.7 Å². The maximum atomic E-state index is 9.24. The SMILES string of the molecule is CCCC(CCC#N)(c1ccccc1)c1ccc(Nc2ccccc2)cc1. The standard InChI is InChI=1S/C25H26N2/c1-2-18-25(19-9-20-26,21-10-5-3-6-11-21)22-14-16-24(17-15-22)27-23-12-7-4-8-13-23/h3-8,10-17,27H,2,9,18-19H2,1H3. The lowest BCUT2D eigenvalue weighted by molar-refractivity contribution is 0.436. The molecule has 2 nitrogen and oxygen atoms in total. The second-order valence-electron chi connectivity index (χ2n) is 6.92. The summed E-state index contributed by atoms with van der Waals surface area (Å²) in [5.74, 6) is 0. The normalized spacial score (nSPS) is 12.7. The van der Waals surface area contributed by atoms with E-state index < -0.39 is 0 Å². The molecule has 0 aliphatic carbocycles. The van der Waals surface area contributed by atoms with Gasteiger partial charge in [-0.05, 0) is 48.2 Å². The lowest BCUT2D eigenvalue weighted by atomic mass is 9.68. The summed E-state index contributed by atoms with van der Waals surface area (Å²) in [5.41, 5.74) is 4.62. The van der Waals surface area contributed by atoms with Crippen LogP contribution in [0.3, 0.4) is 0 Å². The first-order valence-corrected chi connectivity index (χ1v) is 9.63. The van der Waals surface area contributed by atoms with Gasteiger partial charge in [-0.1, -0.05) is 74.0 Å². The third-order valence-electron chi connectivity index (χ3n) is 5.17. The molecule has 0 amide bonds. The largest absolute Gasteiger partial charge is 0.356 e. The van der Waals surface area contributed by atoms with Gasteiger partial charge >= 0.3 is 0 Å². The second kappa shape index (κ2) is 9.05. The minimum absolute atomic E-state index is 0.114. The van der Waals surface area contributed by atoms with Gasteiger partial charge in [0.05, 0.1) is 6.07 Å². The van der Waals surface area contributed by atoms with Crippen molar-refractivity contribution in [1.29, 1.82) is 5.26 Å². The van der Waals surface area contributed by atoms with Crippen LogP contribution < -0.4 is 5.32 Å². The molecule has 2 heteroatoms. The summed E-state index contributed by atoms with van der Waals surface area (Å²) in [6.07, 6.45) is 3.50. The first kappa shape index (κ1) is 18.7. The number of hydrogen-bond donors (Lipinski definition) is 1. The van der Waals surface area contributed by atoms with Crippen LogP contribution in [0.2, 0.25) is 0 Å². The van der Waals surface area contributed by atoms with Crippen molar-refractivity contribution in [2.24, 2.45) is 0 Å². The lowest BCUT2D eigenvalue weighted by Crippen LogP contribution is -2.27. The summed E-state index contributed by atoms with van der Waals surface area (Å²) in [6.45, 7) is 2.22. The zero-order valence-electron chi connectivity index (χ0n) is 15.9. The third kappa shape index (κ3) is 4.38. The van der Waals surface area contributed by atoms with Crippen LogP contribution >= 0.6 is 0 Å². The van der Waals surface area contributed by atoms with E-state index in [1.807, 2.05) is 18.2 Å². The van der Waals surface area contributed by atoms with E-state index in [9.17, 15) is 5.26 Å². The van der Waals surface area contributed by atoms with Crippen LogP contribution in [0.4, 0.5) is 11.4 Å². The minimum atomic E-state index is -0.114. The summed E-state index contributed by atoms with van der Waals surface area (Å²) < 4.78 is 0. The molecule has 136 valence electrons. The van der Waals surface area contributed by atoms with Crippen molar-refractivity contribution in [2.45, 2.75) is 38.0 Å².